The molecule has 3 rings (SSSR count). The average molecular weight is 459 g/mol. The Hall–Kier alpha value is -3.15. The van der Waals surface area contributed by atoms with Crippen LogP contribution in [0.3, 0.4) is 0 Å². The van der Waals surface area contributed by atoms with Crippen LogP contribution in [-0.2, 0) is 16.0 Å². The van der Waals surface area contributed by atoms with Gasteiger partial charge in [0.15, 0.2) is 9.84 Å². The number of nitrogens with zero attached hydrogens (tertiary/aromatic N) is 2. The van der Waals surface area contributed by atoms with E-state index >= 15 is 0 Å². The van der Waals surface area contributed by atoms with Gasteiger partial charge >= 0.3 is 6.18 Å². The second-order valence-electron chi connectivity index (χ2n) is 5.98. The average Bonchev–Trinajstić information content (AvgIpc) is 3.13. The molecule has 0 aliphatic carbocycles. The second-order valence-corrected chi connectivity index (χ2v) is 8.25. The van der Waals surface area contributed by atoms with Gasteiger partial charge in [-0.15, -0.1) is 5.10 Å². The van der Waals surface area contributed by atoms with Crippen molar-refractivity contribution in [2.45, 2.75) is 31.8 Å². The van der Waals surface area contributed by atoms with Crippen molar-refractivity contribution in [3.63, 3.8) is 0 Å². The van der Waals surface area contributed by atoms with E-state index in [0.29, 0.717) is 6.07 Å². The number of halogens is 4. The molecule has 0 fully saturated rings. The van der Waals surface area contributed by atoms with Gasteiger partial charge in [-0.3, -0.25) is 0 Å². The van der Waals surface area contributed by atoms with Crippen LogP contribution in [0.25, 0.3) is 11.1 Å². The second kappa shape index (κ2) is 9.33. The van der Waals surface area contributed by atoms with Gasteiger partial charge in [-0.05, 0) is 29.8 Å². The van der Waals surface area contributed by atoms with E-state index in [1.807, 2.05) is 13.8 Å². The summed E-state index contributed by atoms with van der Waals surface area (Å²) in [5, 5.41) is 8.36. The number of hydrogen-bond acceptors (Lipinski definition) is 6. The van der Waals surface area contributed by atoms with E-state index in [0.717, 1.165) is 30.3 Å². The van der Waals surface area contributed by atoms with Crippen LogP contribution in [0.1, 0.15) is 26.3 Å². The van der Waals surface area contributed by atoms with E-state index in [2.05, 4.69) is 20.5 Å². The normalized spacial score (nSPS) is 11.6. The maximum absolute atomic E-state index is 14.7. The molecule has 3 aromatic rings. The summed E-state index contributed by atoms with van der Waals surface area (Å²) in [6.07, 6.45) is -4.87. The fourth-order valence-corrected chi connectivity index (χ4v) is 3.53. The third kappa shape index (κ3) is 5.51. The Morgan fingerprint density at radius 1 is 1.13 bits per heavy atom. The van der Waals surface area contributed by atoms with E-state index in [1.54, 1.807) is 0 Å². The topological polar surface area (TPSA) is 114 Å². The molecular weight excluding hydrogens is 438 g/mol. The van der Waals surface area contributed by atoms with Crippen molar-refractivity contribution in [1.82, 2.24) is 15.2 Å². The van der Waals surface area contributed by atoms with Crippen LogP contribution in [-0.4, -0.2) is 29.4 Å². The molecule has 168 valence electrons. The Kier molecular flexibility index (Phi) is 7.26. The zero-order valence-corrected chi connectivity index (χ0v) is 17.7. The highest BCUT2D eigenvalue weighted by Gasteiger charge is 2.36. The number of aromatic nitrogens is 3. The van der Waals surface area contributed by atoms with E-state index in [1.165, 1.54) is 6.92 Å². The maximum atomic E-state index is 14.7. The number of sulfone groups is 1. The van der Waals surface area contributed by atoms with E-state index < -0.39 is 33.0 Å². The zero-order valence-electron chi connectivity index (χ0n) is 16.9. The van der Waals surface area contributed by atoms with E-state index in [-0.39, 0.29) is 33.8 Å². The molecule has 4 N–H and O–H groups in total. The Morgan fingerprint density at radius 3 is 2.23 bits per heavy atom. The summed E-state index contributed by atoms with van der Waals surface area (Å²) in [6.45, 7) is 5.44. The first-order valence-corrected chi connectivity index (χ1v) is 10.9. The predicted molar refractivity (Wildman–Crippen MR) is 110 cm³/mol. The Labute approximate surface area is 176 Å². The predicted octanol–water partition coefficient (Wildman–Crippen LogP) is 4.78. The minimum absolute atomic E-state index is 0.0572. The van der Waals surface area contributed by atoms with Gasteiger partial charge < -0.3 is 11.1 Å². The number of anilines is 3. The molecule has 0 saturated carbocycles. The summed E-state index contributed by atoms with van der Waals surface area (Å²) in [5.41, 5.74) is 3.06. The molecule has 0 atom stereocenters. The summed E-state index contributed by atoms with van der Waals surface area (Å²) in [6, 6.07) is 6.14. The maximum Gasteiger partial charge on any atom is 0.417 e. The number of nitrogens with two attached hydrogens (primary N) is 1. The highest BCUT2D eigenvalue weighted by molar-refractivity contribution is 7.91. The lowest BCUT2D eigenvalue weighted by Gasteiger charge is -2.16. The van der Waals surface area contributed by atoms with E-state index in [9.17, 15) is 26.0 Å². The Morgan fingerprint density at radius 2 is 1.74 bits per heavy atom. The summed E-state index contributed by atoms with van der Waals surface area (Å²) in [4.78, 5) is 3.63. The minimum atomic E-state index is -4.87. The molecule has 0 bridgehead atoms. The molecule has 0 saturated heterocycles. The molecule has 0 radical (unpaired) electrons. The third-order valence-corrected chi connectivity index (χ3v) is 5.79. The lowest BCUT2D eigenvalue weighted by Crippen LogP contribution is -2.10. The number of nitrogen functional groups attached to an aromatic ring is 1. The quantitative estimate of drug-likeness (QED) is 0.474. The number of nitrogens with one attached hydrogen (secondary N) is 2. The smallest absolute Gasteiger partial charge is 0.368 e. The van der Waals surface area contributed by atoms with Crippen LogP contribution in [0.5, 0.6) is 0 Å². The molecular formula is C19H21F4N5O2S. The number of rotatable bonds is 5. The number of H-pyrrole nitrogens is 1. The van der Waals surface area contributed by atoms with Crippen molar-refractivity contribution in [3.8, 4) is 11.1 Å². The van der Waals surface area contributed by atoms with Crippen LogP contribution in [0.2, 0.25) is 0 Å². The van der Waals surface area contributed by atoms with Gasteiger partial charge in [0.2, 0.25) is 11.9 Å². The van der Waals surface area contributed by atoms with Crippen molar-refractivity contribution >= 4 is 27.4 Å². The lowest BCUT2D eigenvalue weighted by atomic mass is 9.98. The molecule has 0 aliphatic heterocycles. The molecule has 1 heterocycles. The highest BCUT2D eigenvalue weighted by atomic mass is 32.2. The highest BCUT2D eigenvalue weighted by Crippen LogP contribution is 2.41. The van der Waals surface area contributed by atoms with Crippen molar-refractivity contribution in [1.29, 1.82) is 0 Å². The van der Waals surface area contributed by atoms with Gasteiger partial charge in [0.25, 0.3) is 0 Å². The minimum Gasteiger partial charge on any atom is -0.368 e. The van der Waals surface area contributed by atoms with Crippen LogP contribution < -0.4 is 11.1 Å². The summed E-state index contributed by atoms with van der Waals surface area (Å²) >= 11 is 0. The molecule has 7 nitrogen and oxygen atoms in total. The largest absolute Gasteiger partial charge is 0.417 e. The summed E-state index contributed by atoms with van der Waals surface area (Å²) in [7, 11) is -3.54. The van der Waals surface area contributed by atoms with Crippen LogP contribution in [0.15, 0.2) is 41.3 Å². The van der Waals surface area contributed by atoms with Crippen molar-refractivity contribution in [3.05, 3.63) is 47.8 Å². The van der Waals surface area contributed by atoms with Gasteiger partial charge in [0, 0.05) is 11.3 Å². The van der Waals surface area contributed by atoms with Gasteiger partial charge in [0.1, 0.15) is 5.82 Å². The van der Waals surface area contributed by atoms with Gasteiger partial charge in [-0.2, -0.15) is 18.2 Å². The first-order valence-electron chi connectivity index (χ1n) is 9.20. The molecule has 31 heavy (non-hydrogen) atoms. The first-order chi connectivity index (χ1) is 14.5. The lowest BCUT2D eigenvalue weighted by molar-refractivity contribution is -0.137. The SMILES string of the molecule is CC.CCS(=O)(=O)c1ccc(-c2c(F)cc(Nc3n[nH]c(N)n3)cc2C(F)(F)F)cc1. The van der Waals surface area contributed by atoms with Gasteiger partial charge in [0.05, 0.1) is 16.2 Å². The van der Waals surface area contributed by atoms with Crippen molar-refractivity contribution < 1.29 is 26.0 Å². The van der Waals surface area contributed by atoms with Crippen LogP contribution in [0.4, 0.5) is 35.1 Å². The Bertz CT molecular complexity index is 1140. The van der Waals surface area contributed by atoms with Gasteiger partial charge in [-0.25, -0.2) is 17.9 Å². The molecule has 12 heteroatoms. The molecule has 1 aromatic heterocycles. The van der Waals surface area contributed by atoms with Crippen molar-refractivity contribution in [2.75, 3.05) is 16.8 Å². The molecule has 0 amide bonds. The molecule has 0 aliphatic rings. The Balaban J connectivity index is 0.00000166. The van der Waals surface area contributed by atoms with Gasteiger partial charge in [-0.1, -0.05) is 32.9 Å². The molecule has 2 aromatic carbocycles. The fourth-order valence-electron chi connectivity index (χ4n) is 2.65. The van der Waals surface area contributed by atoms with E-state index in [4.69, 9.17) is 5.73 Å². The summed E-state index contributed by atoms with van der Waals surface area (Å²) < 4.78 is 79.3. The number of aromatic amines is 1. The number of alkyl halides is 3. The van der Waals surface area contributed by atoms with Crippen LogP contribution in [0, 0.1) is 5.82 Å². The zero-order chi connectivity index (χ0) is 23.4. The molecule has 0 spiro atoms. The molecule has 0 unspecified atom stereocenters. The number of benzene rings is 2. The van der Waals surface area contributed by atoms with Crippen LogP contribution >= 0.6 is 0 Å². The summed E-state index contributed by atoms with van der Waals surface area (Å²) in [5.74, 6) is -1.52. The fraction of sp³-hybridized carbons (Fsp3) is 0.263. The third-order valence-electron chi connectivity index (χ3n) is 4.04. The first kappa shape index (κ1) is 24.1. The van der Waals surface area contributed by atoms with Crippen molar-refractivity contribution in [2.24, 2.45) is 0 Å². The number of hydrogen-bond donors (Lipinski definition) is 3. The standard InChI is InChI=1S/C17H15F4N5O2S.C2H6/c1-2-29(27,28)11-5-3-9(4-6-11)14-12(17(19,20)21)7-10(8-13(14)18)23-16-24-15(22)25-26-16;1-2/h3-8H,2H2,1H3,(H4,22,23,24,25,26);1-2H3. The monoisotopic (exact) mass is 459 g/mol.